The van der Waals surface area contributed by atoms with E-state index in [1.165, 1.54) is 0 Å². The summed E-state index contributed by atoms with van der Waals surface area (Å²) in [6.45, 7) is 6.64. The Labute approximate surface area is 113 Å². The zero-order valence-electron chi connectivity index (χ0n) is 11.9. The molecule has 0 aliphatic rings. The highest BCUT2D eigenvalue weighted by atomic mass is 19.1. The van der Waals surface area contributed by atoms with E-state index in [-0.39, 0.29) is 5.82 Å². The molecule has 0 saturated carbocycles. The van der Waals surface area contributed by atoms with Crippen LogP contribution in [0.4, 0.5) is 4.39 Å². The Balaban J connectivity index is 2.39. The fraction of sp³-hybridized carbons (Fsp3) is 0.400. The zero-order valence-corrected chi connectivity index (χ0v) is 11.9. The number of nitrogens with zero attached hydrogens (tertiary/aromatic N) is 2. The van der Waals surface area contributed by atoms with Crippen LogP contribution in [0.3, 0.4) is 0 Å². The number of halogens is 1. The maximum Gasteiger partial charge on any atom is 0.128 e. The fourth-order valence-corrected chi connectivity index (χ4v) is 2.08. The summed E-state index contributed by atoms with van der Waals surface area (Å²) in [5.74, 6) is -0.177. The van der Waals surface area contributed by atoms with Crippen molar-refractivity contribution in [3.05, 3.63) is 41.5 Å². The lowest BCUT2D eigenvalue weighted by Crippen LogP contribution is -2.06. The van der Waals surface area contributed by atoms with Crippen LogP contribution in [0.1, 0.15) is 31.1 Å². The van der Waals surface area contributed by atoms with E-state index in [2.05, 4.69) is 24.3 Å². The average Bonchev–Trinajstić information content (AvgIpc) is 2.74. The Morgan fingerprint density at radius 3 is 2.63 bits per heavy atom. The third-order valence-corrected chi connectivity index (χ3v) is 3.18. The first-order chi connectivity index (χ1) is 9.02. The van der Waals surface area contributed by atoms with Crippen molar-refractivity contribution in [3.63, 3.8) is 0 Å². The third kappa shape index (κ3) is 2.84. The van der Waals surface area contributed by atoms with Crippen LogP contribution < -0.4 is 5.32 Å². The summed E-state index contributed by atoms with van der Waals surface area (Å²) in [5, 5.41) is 7.41. The number of hydrogen-bond acceptors (Lipinski definition) is 2. The van der Waals surface area contributed by atoms with Gasteiger partial charge in [0.2, 0.25) is 0 Å². The highest BCUT2D eigenvalue weighted by Gasteiger charge is 2.11. The lowest BCUT2D eigenvalue weighted by Gasteiger charge is -2.05. The van der Waals surface area contributed by atoms with Gasteiger partial charge < -0.3 is 5.32 Å². The lowest BCUT2D eigenvalue weighted by molar-refractivity contribution is 0.529. The van der Waals surface area contributed by atoms with Gasteiger partial charge in [0, 0.05) is 29.9 Å². The van der Waals surface area contributed by atoms with Crippen LogP contribution in [0.5, 0.6) is 0 Å². The molecule has 0 fully saturated rings. The Morgan fingerprint density at radius 2 is 2.11 bits per heavy atom. The number of aryl methyl sites for hydroxylation is 1. The first-order valence-electron chi connectivity index (χ1n) is 6.52. The Morgan fingerprint density at radius 1 is 1.37 bits per heavy atom. The van der Waals surface area contributed by atoms with Gasteiger partial charge in [0.25, 0.3) is 0 Å². The molecule has 3 nitrogen and oxygen atoms in total. The largest absolute Gasteiger partial charge is 0.316 e. The molecule has 2 aromatic rings. The minimum Gasteiger partial charge on any atom is -0.316 e. The highest BCUT2D eigenvalue weighted by molar-refractivity contribution is 5.65. The van der Waals surface area contributed by atoms with Gasteiger partial charge in [-0.2, -0.15) is 5.10 Å². The fourth-order valence-electron chi connectivity index (χ4n) is 2.08. The molecule has 19 heavy (non-hydrogen) atoms. The highest BCUT2D eigenvalue weighted by Crippen LogP contribution is 2.25. The molecular weight excluding hydrogens is 241 g/mol. The molecule has 0 atom stereocenters. The molecule has 4 heteroatoms. The number of rotatable bonds is 4. The molecule has 102 valence electrons. The average molecular weight is 261 g/mol. The predicted octanol–water partition coefficient (Wildman–Crippen LogP) is 3.30. The molecule has 1 aromatic carbocycles. The topological polar surface area (TPSA) is 29.9 Å². The first-order valence-corrected chi connectivity index (χ1v) is 6.52. The van der Waals surface area contributed by atoms with Gasteiger partial charge in [-0.25, -0.2) is 4.39 Å². The van der Waals surface area contributed by atoms with Crippen LogP contribution in [0.25, 0.3) is 11.1 Å². The number of benzene rings is 1. The molecule has 1 N–H and O–H groups in total. The van der Waals surface area contributed by atoms with Crippen molar-refractivity contribution < 1.29 is 4.39 Å². The molecule has 1 heterocycles. The van der Waals surface area contributed by atoms with Gasteiger partial charge in [-0.1, -0.05) is 12.1 Å². The molecule has 0 amide bonds. The first kappa shape index (κ1) is 13.7. The molecular formula is C15H20FN3. The van der Waals surface area contributed by atoms with E-state index in [1.807, 2.05) is 37.0 Å². The second kappa shape index (κ2) is 5.53. The molecule has 0 saturated heterocycles. The van der Waals surface area contributed by atoms with E-state index in [0.29, 0.717) is 18.2 Å². The van der Waals surface area contributed by atoms with Crippen molar-refractivity contribution in [3.8, 4) is 11.1 Å². The summed E-state index contributed by atoms with van der Waals surface area (Å²) in [6, 6.07) is 5.67. The smallest absolute Gasteiger partial charge is 0.128 e. The number of nitrogens with one attached hydrogen (secondary N) is 1. The van der Waals surface area contributed by atoms with E-state index in [9.17, 15) is 4.39 Å². The number of aromatic nitrogens is 2. The second-order valence-corrected chi connectivity index (χ2v) is 5.04. The summed E-state index contributed by atoms with van der Waals surface area (Å²) >= 11 is 0. The molecule has 2 rings (SSSR count). The maximum atomic E-state index is 14.0. The molecule has 0 aliphatic heterocycles. The van der Waals surface area contributed by atoms with Gasteiger partial charge in [-0.05, 0) is 39.4 Å². The lowest BCUT2D eigenvalue weighted by atomic mass is 10.0. The Hall–Kier alpha value is -1.68. The van der Waals surface area contributed by atoms with Gasteiger partial charge >= 0.3 is 0 Å². The molecule has 0 bridgehead atoms. The van der Waals surface area contributed by atoms with Gasteiger partial charge in [0.1, 0.15) is 5.82 Å². The molecule has 0 radical (unpaired) electrons. The minimum atomic E-state index is -0.177. The third-order valence-electron chi connectivity index (χ3n) is 3.18. The van der Waals surface area contributed by atoms with Crippen LogP contribution >= 0.6 is 0 Å². The summed E-state index contributed by atoms with van der Waals surface area (Å²) in [5.41, 5.74) is 3.47. The monoisotopic (exact) mass is 261 g/mol. The summed E-state index contributed by atoms with van der Waals surface area (Å²) in [4.78, 5) is 0. The molecule has 0 spiro atoms. The van der Waals surface area contributed by atoms with E-state index >= 15 is 0 Å². The van der Waals surface area contributed by atoms with Crippen molar-refractivity contribution in [2.24, 2.45) is 0 Å². The van der Waals surface area contributed by atoms with Crippen molar-refractivity contribution in [1.82, 2.24) is 15.1 Å². The maximum absolute atomic E-state index is 14.0. The van der Waals surface area contributed by atoms with Crippen molar-refractivity contribution in [2.75, 3.05) is 7.05 Å². The molecule has 0 aliphatic carbocycles. The van der Waals surface area contributed by atoms with E-state index in [0.717, 1.165) is 16.8 Å². The second-order valence-electron chi connectivity index (χ2n) is 5.04. The van der Waals surface area contributed by atoms with E-state index in [4.69, 9.17) is 0 Å². The summed E-state index contributed by atoms with van der Waals surface area (Å²) in [7, 11) is 1.81. The van der Waals surface area contributed by atoms with Gasteiger partial charge in [0.05, 0.1) is 5.69 Å². The van der Waals surface area contributed by atoms with Crippen LogP contribution in [0.15, 0.2) is 24.4 Å². The van der Waals surface area contributed by atoms with Gasteiger partial charge in [-0.15, -0.1) is 0 Å². The Bertz CT molecular complexity index is 573. The summed E-state index contributed by atoms with van der Waals surface area (Å²) < 4.78 is 15.9. The van der Waals surface area contributed by atoms with Crippen LogP contribution in [0, 0.1) is 12.7 Å². The predicted molar refractivity (Wildman–Crippen MR) is 75.5 cm³/mol. The molecule has 0 unspecified atom stereocenters. The van der Waals surface area contributed by atoms with Crippen LogP contribution in [-0.4, -0.2) is 16.8 Å². The zero-order chi connectivity index (χ0) is 14.0. The van der Waals surface area contributed by atoms with Crippen LogP contribution in [-0.2, 0) is 6.54 Å². The minimum absolute atomic E-state index is 0.177. The number of hydrogen-bond donors (Lipinski definition) is 1. The van der Waals surface area contributed by atoms with Gasteiger partial charge in [0.15, 0.2) is 0 Å². The SMILES string of the molecule is CNCc1ccc(-c2cn(C(C)C)nc2C)cc1F. The van der Waals surface area contributed by atoms with Gasteiger partial charge in [-0.3, -0.25) is 4.68 Å². The standard InChI is InChI=1S/C15H20FN3/c1-10(2)19-9-14(11(3)18-19)12-5-6-13(8-17-4)15(16)7-12/h5-7,9-10,17H,8H2,1-4H3. The van der Waals surface area contributed by atoms with E-state index in [1.54, 1.807) is 6.07 Å². The molecule has 1 aromatic heterocycles. The van der Waals surface area contributed by atoms with Crippen molar-refractivity contribution in [2.45, 2.75) is 33.4 Å². The van der Waals surface area contributed by atoms with Crippen molar-refractivity contribution in [1.29, 1.82) is 0 Å². The normalized spacial score (nSPS) is 11.3. The summed E-state index contributed by atoms with van der Waals surface area (Å²) in [6.07, 6.45) is 1.98. The van der Waals surface area contributed by atoms with Crippen LogP contribution in [0.2, 0.25) is 0 Å². The quantitative estimate of drug-likeness (QED) is 0.915. The van der Waals surface area contributed by atoms with Crippen molar-refractivity contribution >= 4 is 0 Å². The van der Waals surface area contributed by atoms with E-state index < -0.39 is 0 Å². The Kier molecular flexibility index (Phi) is 4.00.